The van der Waals surface area contributed by atoms with Crippen LogP contribution in [0.3, 0.4) is 0 Å². The van der Waals surface area contributed by atoms with Crippen molar-refractivity contribution in [1.82, 2.24) is 15.5 Å². The Kier molecular flexibility index (Phi) is 4.56. The Morgan fingerprint density at radius 3 is 2.57 bits per heavy atom. The zero-order chi connectivity index (χ0) is 16.6. The Bertz CT molecular complexity index is 572. The minimum Gasteiger partial charge on any atom is -0.334 e. The molecule has 2 N–H and O–H groups in total. The zero-order valence-corrected chi connectivity index (χ0v) is 14.9. The summed E-state index contributed by atoms with van der Waals surface area (Å²) in [5, 5.41) is 7.34. The number of carbonyl (C=O) groups is 1. The van der Waals surface area contributed by atoms with Crippen LogP contribution in [0, 0.1) is 5.92 Å². The molecular weight excluding hydrogens is 310 g/mol. The van der Waals surface area contributed by atoms with Gasteiger partial charge in [-0.05, 0) is 63.8 Å². The highest BCUT2D eigenvalue weighted by Gasteiger charge is 2.40. The first-order valence-electron chi connectivity index (χ1n) is 8.43. The highest BCUT2D eigenvalue weighted by atomic mass is 35.5. The molecule has 2 aliphatic rings. The average molecular weight is 336 g/mol. The molecule has 0 radical (unpaired) electrons. The van der Waals surface area contributed by atoms with Gasteiger partial charge in [0.1, 0.15) is 0 Å². The number of hydrogen-bond acceptors (Lipinski definition) is 2. The maximum absolute atomic E-state index is 12.4. The molecule has 1 aromatic rings. The molecule has 3 rings (SSSR count). The minimum absolute atomic E-state index is 0.0498. The standard InChI is InChI=1S/C18H26ClN3O/c1-12-11-22(17(23)21-12)16(13-4-6-15(19)7-5-13)14-8-9-20-18(2,3)10-14/h4-7,12,14,16,20H,8-11H2,1-3H3,(H,21,23)/t12-,14?,16?/m0/s1. The molecule has 1 aromatic carbocycles. The summed E-state index contributed by atoms with van der Waals surface area (Å²) in [4.78, 5) is 14.5. The first-order valence-corrected chi connectivity index (χ1v) is 8.81. The third-order valence-electron chi connectivity index (χ3n) is 4.99. The van der Waals surface area contributed by atoms with Crippen molar-refractivity contribution in [3.05, 3.63) is 34.9 Å². The molecule has 0 aliphatic carbocycles. The van der Waals surface area contributed by atoms with Gasteiger partial charge in [-0.3, -0.25) is 0 Å². The van der Waals surface area contributed by atoms with Crippen molar-refractivity contribution < 1.29 is 4.79 Å². The number of carbonyl (C=O) groups excluding carboxylic acids is 1. The second-order valence-electron chi connectivity index (χ2n) is 7.56. The summed E-state index contributed by atoms with van der Waals surface area (Å²) >= 11 is 6.06. The second-order valence-corrected chi connectivity index (χ2v) is 8.00. The Morgan fingerprint density at radius 1 is 1.30 bits per heavy atom. The predicted octanol–water partition coefficient (Wildman–Crippen LogP) is 3.57. The van der Waals surface area contributed by atoms with E-state index in [1.807, 2.05) is 17.0 Å². The van der Waals surface area contributed by atoms with Crippen LogP contribution in [0.25, 0.3) is 0 Å². The van der Waals surface area contributed by atoms with Gasteiger partial charge in [-0.2, -0.15) is 0 Å². The van der Waals surface area contributed by atoms with E-state index in [4.69, 9.17) is 11.6 Å². The van der Waals surface area contributed by atoms with Gasteiger partial charge in [0.25, 0.3) is 0 Å². The fraction of sp³-hybridized carbons (Fsp3) is 0.611. The van der Waals surface area contributed by atoms with Gasteiger partial charge in [-0.1, -0.05) is 23.7 Å². The number of halogens is 1. The SMILES string of the molecule is C[C@H]1CN(C(c2ccc(Cl)cc2)C2CCNC(C)(C)C2)C(=O)N1. The van der Waals surface area contributed by atoms with Crippen molar-refractivity contribution in [3.8, 4) is 0 Å². The van der Waals surface area contributed by atoms with Crippen LogP contribution in [0.4, 0.5) is 4.79 Å². The monoisotopic (exact) mass is 335 g/mol. The van der Waals surface area contributed by atoms with Gasteiger partial charge < -0.3 is 15.5 Å². The van der Waals surface area contributed by atoms with Gasteiger partial charge in [-0.15, -0.1) is 0 Å². The molecule has 2 unspecified atom stereocenters. The van der Waals surface area contributed by atoms with Crippen LogP contribution in [0.2, 0.25) is 5.02 Å². The summed E-state index contributed by atoms with van der Waals surface area (Å²) in [5.74, 6) is 0.448. The highest BCUT2D eigenvalue weighted by Crippen LogP contribution is 2.39. The molecular formula is C18H26ClN3O. The van der Waals surface area contributed by atoms with Crippen molar-refractivity contribution in [3.63, 3.8) is 0 Å². The van der Waals surface area contributed by atoms with Crippen molar-refractivity contribution >= 4 is 17.6 Å². The lowest BCUT2D eigenvalue weighted by Crippen LogP contribution is -2.49. The van der Waals surface area contributed by atoms with E-state index in [-0.39, 0.29) is 23.7 Å². The van der Waals surface area contributed by atoms with Crippen LogP contribution < -0.4 is 10.6 Å². The summed E-state index contributed by atoms with van der Waals surface area (Å²) in [6, 6.07) is 8.34. The molecule has 3 atom stereocenters. The Morgan fingerprint density at radius 2 is 2.00 bits per heavy atom. The number of amides is 2. The summed E-state index contributed by atoms with van der Waals surface area (Å²) in [6.07, 6.45) is 2.13. The molecule has 2 fully saturated rings. The molecule has 4 nitrogen and oxygen atoms in total. The Hall–Kier alpha value is -1.26. The molecule has 5 heteroatoms. The quantitative estimate of drug-likeness (QED) is 0.886. The van der Waals surface area contributed by atoms with Crippen LogP contribution in [0.5, 0.6) is 0 Å². The van der Waals surface area contributed by atoms with Gasteiger partial charge >= 0.3 is 6.03 Å². The predicted molar refractivity (Wildman–Crippen MR) is 93.7 cm³/mol. The third kappa shape index (κ3) is 3.64. The molecule has 2 amide bonds. The van der Waals surface area contributed by atoms with E-state index in [0.29, 0.717) is 5.92 Å². The van der Waals surface area contributed by atoms with Crippen LogP contribution in [-0.2, 0) is 0 Å². The Balaban J connectivity index is 1.93. The lowest BCUT2D eigenvalue weighted by atomic mass is 9.77. The fourth-order valence-corrected chi connectivity index (χ4v) is 4.14. The van der Waals surface area contributed by atoms with E-state index in [1.54, 1.807) is 0 Å². The number of urea groups is 1. The van der Waals surface area contributed by atoms with E-state index < -0.39 is 0 Å². The lowest BCUT2D eigenvalue weighted by Gasteiger charge is -2.43. The minimum atomic E-state index is 0.0498. The summed E-state index contributed by atoms with van der Waals surface area (Å²) in [5.41, 5.74) is 1.29. The number of piperidine rings is 1. The fourth-order valence-electron chi connectivity index (χ4n) is 4.02. The molecule has 0 spiro atoms. The topological polar surface area (TPSA) is 44.4 Å². The third-order valence-corrected chi connectivity index (χ3v) is 5.24. The normalized spacial score (nSPS) is 28.5. The first kappa shape index (κ1) is 16.6. The van der Waals surface area contributed by atoms with Crippen molar-refractivity contribution in [2.24, 2.45) is 5.92 Å². The van der Waals surface area contributed by atoms with Crippen molar-refractivity contribution in [2.75, 3.05) is 13.1 Å². The Labute approximate surface area is 143 Å². The molecule has 23 heavy (non-hydrogen) atoms. The summed E-state index contributed by atoms with van der Waals surface area (Å²) in [7, 11) is 0. The molecule has 0 bridgehead atoms. The van der Waals surface area contributed by atoms with E-state index in [2.05, 4.69) is 43.5 Å². The number of rotatable bonds is 3. The van der Waals surface area contributed by atoms with E-state index in [0.717, 1.165) is 31.0 Å². The van der Waals surface area contributed by atoms with Gasteiger partial charge in [0.2, 0.25) is 0 Å². The second kappa shape index (κ2) is 6.33. The zero-order valence-electron chi connectivity index (χ0n) is 14.1. The van der Waals surface area contributed by atoms with Crippen LogP contribution in [0.1, 0.15) is 45.2 Å². The number of nitrogens with one attached hydrogen (secondary N) is 2. The van der Waals surface area contributed by atoms with Gasteiger partial charge in [0.05, 0.1) is 6.04 Å². The van der Waals surface area contributed by atoms with Crippen LogP contribution in [-0.4, -0.2) is 35.6 Å². The molecule has 126 valence electrons. The lowest BCUT2D eigenvalue weighted by molar-refractivity contribution is 0.122. The summed E-state index contributed by atoms with van der Waals surface area (Å²) in [6.45, 7) is 8.29. The average Bonchev–Trinajstić information content (AvgIpc) is 2.79. The molecule has 0 saturated carbocycles. The van der Waals surface area contributed by atoms with Gasteiger partial charge in [0.15, 0.2) is 0 Å². The summed E-state index contributed by atoms with van der Waals surface area (Å²) < 4.78 is 0. The van der Waals surface area contributed by atoms with Crippen LogP contribution >= 0.6 is 11.6 Å². The van der Waals surface area contributed by atoms with E-state index in [1.165, 1.54) is 5.56 Å². The van der Waals surface area contributed by atoms with E-state index in [9.17, 15) is 4.79 Å². The van der Waals surface area contributed by atoms with Crippen molar-refractivity contribution in [2.45, 2.75) is 51.2 Å². The van der Waals surface area contributed by atoms with Gasteiger partial charge in [0, 0.05) is 23.1 Å². The maximum atomic E-state index is 12.4. The smallest absolute Gasteiger partial charge is 0.318 e. The van der Waals surface area contributed by atoms with Crippen LogP contribution in [0.15, 0.2) is 24.3 Å². The molecule has 2 heterocycles. The highest BCUT2D eigenvalue weighted by molar-refractivity contribution is 6.30. The molecule has 2 aliphatic heterocycles. The number of nitrogens with zero attached hydrogens (tertiary/aromatic N) is 1. The largest absolute Gasteiger partial charge is 0.334 e. The number of hydrogen-bond donors (Lipinski definition) is 2. The van der Waals surface area contributed by atoms with E-state index >= 15 is 0 Å². The first-order chi connectivity index (χ1) is 10.9. The number of benzene rings is 1. The maximum Gasteiger partial charge on any atom is 0.318 e. The molecule has 0 aromatic heterocycles. The van der Waals surface area contributed by atoms with Gasteiger partial charge in [-0.25, -0.2) is 4.79 Å². The van der Waals surface area contributed by atoms with Crippen molar-refractivity contribution in [1.29, 1.82) is 0 Å². The molecule has 2 saturated heterocycles.